The number of nitrogens with zero attached hydrogens (tertiary/aromatic N) is 1. The van der Waals surface area contributed by atoms with Crippen molar-refractivity contribution in [2.45, 2.75) is 4.90 Å². The fourth-order valence-corrected chi connectivity index (χ4v) is 5.53. The summed E-state index contributed by atoms with van der Waals surface area (Å²) in [5, 5.41) is 5.17. The molecule has 0 aliphatic carbocycles. The molecule has 0 radical (unpaired) electrons. The molecule has 1 aromatic heterocycles. The fourth-order valence-electron chi connectivity index (χ4n) is 3.76. The van der Waals surface area contributed by atoms with E-state index in [1.807, 2.05) is 47.8 Å². The van der Waals surface area contributed by atoms with Crippen molar-refractivity contribution < 1.29 is 17.9 Å². The van der Waals surface area contributed by atoms with E-state index in [-0.39, 0.29) is 10.8 Å². The predicted molar refractivity (Wildman–Crippen MR) is 151 cm³/mol. The molecule has 0 aliphatic rings. The number of rotatable bonds is 8. The highest BCUT2D eigenvalue weighted by atomic mass is 32.2. The maximum Gasteiger partial charge on any atom is 0.261 e. The summed E-state index contributed by atoms with van der Waals surface area (Å²) >= 11 is 1.34. The maximum atomic E-state index is 12.7. The maximum absolute atomic E-state index is 12.7. The summed E-state index contributed by atoms with van der Waals surface area (Å²) in [6.45, 7) is 0. The molecule has 5 aromatic rings. The Morgan fingerprint density at radius 3 is 2.08 bits per heavy atom. The van der Waals surface area contributed by atoms with E-state index in [2.05, 4.69) is 27.2 Å². The average Bonchev–Trinajstić information content (AvgIpc) is 3.42. The fraction of sp³-hybridized carbons (Fsp3) is 0.0345. The number of nitrogens with one attached hydrogen (secondary N) is 2. The molecule has 1 heterocycles. The second-order valence-corrected chi connectivity index (χ2v) is 10.8. The van der Waals surface area contributed by atoms with Crippen LogP contribution in [-0.4, -0.2) is 26.4 Å². The number of sulfonamides is 1. The molecule has 0 spiro atoms. The number of amides is 1. The van der Waals surface area contributed by atoms with Gasteiger partial charge in [0.25, 0.3) is 15.9 Å². The summed E-state index contributed by atoms with van der Waals surface area (Å²) < 4.78 is 32.8. The Kier molecular flexibility index (Phi) is 7.21. The lowest BCUT2D eigenvalue weighted by Gasteiger charge is -2.09. The first-order valence-electron chi connectivity index (χ1n) is 11.6. The molecular weight excluding hydrogens is 518 g/mol. The highest BCUT2D eigenvalue weighted by Crippen LogP contribution is 2.28. The van der Waals surface area contributed by atoms with Crippen LogP contribution >= 0.6 is 11.3 Å². The number of hydrogen-bond donors (Lipinski definition) is 2. The number of anilines is 2. The SMILES string of the molecule is COc1ccc(S(=O)(=O)Nc2ccc(C(=O)Nc3nc(-c4ccc(-c5ccccc5)cc4)cs3)cc2)cc1. The van der Waals surface area contributed by atoms with Crippen molar-refractivity contribution >= 4 is 38.1 Å². The number of methoxy groups -OCH3 is 1. The number of ether oxygens (including phenoxy) is 1. The quantitative estimate of drug-likeness (QED) is 0.233. The molecule has 0 atom stereocenters. The first-order chi connectivity index (χ1) is 18.4. The van der Waals surface area contributed by atoms with Gasteiger partial charge in [0.1, 0.15) is 5.75 Å². The van der Waals surface area contributed by atoms with Gasteiger partial charge >= 0.3 is 0 Å². The van der Waals surface area contributed by atoms with Gasteiger partial charge in [-0.25, -0.2) is 13.4 Å². The monoisotopic (exact) mass is 541 g/mol. The minimum absolute atomic E-state index is 0.106. The Balaban J connectivity index is 1.22. The molecule has 2 N–H and O–H groups in total. The van der Waals surface area contributed by atoms with E-state index in [1.54, 1.807) is 24.3 Å². The van der Waals surface area contributed by atoms with Crippen molar-refractivity contribution in [3.05, 3.63) is 114 Å². The normalized spacial score (nSPS) is 11.1. The third-order valence-electron chi connectivity index (χ3n) is 5.78. The molecule has 0 fully saturated rings. The lowest BCUT2D eigenvalue weighted by molar-refractivity contribution is 0.102. The zero-order valence-electron chi connectivity index (χ0n) is 20.3. The Labute approximate surface area is 224 Å². The van der Waals surface area contributed by atoms with Crippen LogP contribution in [0.2, 0.25) is 0 Å². The van der Waals surface area contributed by atoms with Crippen LogP contribution in [0.1, 0.15) is 10.4 Å². The van der Waals surface area contributed by atoms with Crippen molar-refractivity contribution in [1.29, 1.82) is 0 Å². The average molecular weight is 542 g/mol. The van der Waals surface area contributed by atoms with Crippen LogP contribution in [-0.2, 0) is 10.0 Å². The van der Waals surface area contributed by atoms with Gasteiger partial charge in [-0.2, -0.15) is 0 Å². The Morgan fingerprint density at radius 2 is 1.42 bits per heavy atom. The predicted octanol–water partition coefficient (Wildman–Crippen LogP) is 6.54. The molecule has 9 heteroatoms. The smallest absolute Gasteiger partial charge is 0.261 e. The first-order valence-corrected chi connectivity index (χ1v) is 14.0. The number of hydrogen-bond acceptors (Lipinski definition) is 6. The lowest BCUT2D eigenvalue weighted by Crippen LogP contribution is -2.14. The third-order valence-corrected chi connectivity index (χ3v) is 7.94. The second kappa shape index (κ2) is 10.9. The van der Waals surface area contributed by atoms with Crippen molar-refractivity contribution in [3.63, 3.8) is 0 Å². The van der Waals surface area contributed by atoms with E-state index in [1.165, 1.54) is 42.7 Å². The Morgan fingerprint density at radius 1 is 0.789 bits per heavy atom. The molecule has 38 heavy (non-hydrogen) atoms. The van der Waals surface area contributed by atoms with E-state index in [9.17, 15) is 13.2 Å². The van der Waals surface area contributed by atoms with Crippen molar-refractivity contribution in [2.24, 2.45) is 0 Å². The standard InChI is InChI=1S/C29H23N3O4S2/c1-36-25-15-17-26(18-16-25)38(34,35)32-24-13-11-23(12-14-24)28(33)31-29-30-27(19-37-29)22-9-7-21(8-10-22)20-5-3-2-4-6-20/h2-19,32H,1H3,(H,30,31,33). The van der Waals surface area contributed by atoms with Gasteiger partial charge < -0.3 is 4.74 Å². The van der Waals surface area contributed by atoms with E-state index in [0.29, 0.717) is 22.1 Å². The van der Waals surface area contributed by atoms with Crippen LogP contribution in [0.4, 0.5) is 10.8 Å². The Bertz CT molecular complexity index is 1650. The number of thiazole rings is 1. The molecule has 0 saturated carbocycles. The lowest BCUT2D eigenvalue weighted by atomic mass is 10.0. The summed E-state index contributed by atoms with van der Waals surface area (Å²) in [6, 6.07) is 30.5. The van der Waals surface area contributed by atoms with Crippen molar-refractivity contribution in [1.82, 2.24) is 4.98 Å². The topological polar surface area (TPSA) is 97.4 Å². The summed E-state index contributed by atoms with van der Waals surface area (Å²) in [7, 11) is -2.27. The molecule has 5 rings (SSSR count). The Hall–Kier alpha value is -4.47. The minimum Gasteiger partial charge on any atom is -0.497 e. The second-order valence-electron chi connectivity index (χ2n) is 8.29. The summed E-state index contributed by atoms with van der Waals surface area (Å²) in [5.41, 5.74) is 4.70. The highest BCUT2D eigenvalue weighted by Gasteiger charge is 2.15. The van der Waals surface area contributed by atoms with E-state index >= 15 is 0 Å². The summed E-state index contributed by atoms with van der Waals surface area (Å²) in [4.78, 5) is 17.4. The van der Waals surface area contributed by atoms with Crippen molar-refractivity contribution in [3.8, 4) is 28.1 Å². The van der Waals surface area contributed by atoms with Crippen molar-refractivity contribution in [2.75, 3.05) is 17.1 Å². The largest absolute Gasteiger partial charge is 0.497 e. The summed E-state index contributed by atoms with van der Waals surface area (Å²) in [5.74, 6) is 0.225. The molecule has 4 aromatic carbocycles. The van der Waals surface area contributed by atoms with Crippen LogP contribution in [0.25, 0.3) is 22.4 Å². The van der Waals surface area contributed by atoms with Crippen LogP contribution in [0.5, 0.6) is 5.75 Å². The number of benzene rings is 4. The molecule has 190 valence electrons. The van der Waals surface area contributed by atoms with Gasteiger partial charge in [-0.1, -0.05) is 54.6 Å². The van der Waals surface area contributed by atoms with Crippen LogP contribution in [0.15, 0.2) is 113 Å². The van der Waals surface area contributed by atoms with Gasteiger partial charge in [-0.3, -0.25) is 14.8 Å². The molecule has 0 aliphatic heterocycles. The number of aromatic nitrogens is 1. The van der Waals surface area contributed by atoms with E-state index in [0.717, 1.165) is 22.4 Å². The molecular formula is C29H23N3O4S2. The van der Waals surface area contributed by atoms with E-state index < -0.39 is 10.0 Å². The van der Waals surface area contributed by atoms with Crippen LogP contribution in [0, 0.1) is 0 Å². The van der Waals surface area contributed by atoms with Gasteiger partial charge in [-0.15, -0.1) is 11.3 Å². The zero-order chi connectivity index (χ0) is 26.5. The number of carbonyl (C=O) groups is 1. The molecule has 1 amide bonds. The van der Waals surface area contributed by atoms with Gasteiger partial charge in [-0.05, 0) is 59.7 Å². The summed E-state index contributed by atoms with van der Waals surface area (Å²) in [6.07, 6.45) is 0. The van der Waals surface area contributed by atoms with Gasteiger partial charge in [0, 0.05) is 22.2 Å². The van der Waals surface area contributed by atoms with E-state index in [4.69, 9.17) is 4.74 Å². The van der Waals surface area contributed by atoms with Gasteiger partial charge in [0.05, 0.1) is 17.7 Å². The number of carbonyl (C=O) groups excluding carboxylic acids is 1. The zero-order valence-corrected chi connectivity index (χ0v) is 21.9. The van der Waals surface area contributed by atoms with Crippen LogP contribution in [0.3, 0.4) is 0 Å². The first kappa shape index (κ1) is 25.2. The molecule has 7 nitrogen and oxygen atoms in total. The molecule has 0 bridgehead atoms. The third kappa shape index (κ3) is 5.74. The molecule has 0 saturated heterocycles. The minimum atomic E-state index is -3.78. The highest BCUT2D eigenvalue weighted by molar-refractivity contribution is 7.92. The molecule has 0 unspecified atom stereocenters. The van der Waals surface area contributed by atoms with Gasteiger partial charge in [0.2, 0.25) is 0 Å². The van der Waals surface area contributed by atoms with Crippen LogP contribution < -0.4 is 14.8 Å². The van der Waals surface area contributed by atoms with Gasteiger partial charge in [0.15, 0.2) is 5.13 Å².